The van der Waals surface area contributed by atoms with Crippen LogP contribution in [0.5, 0.6) is 0 Å². The van der Waals surface area contributed by atoms with Crippen LogP contribution in [0.15, 0.2) is 36.5 Å². The quantitative estimate of drug-likeness (QED) is 0.0320. The van der Waals surface area contributed by atoms with Gasteiger partial charge in [-0.3, -0.25) is 9.59 Å². The Morgan fingerprint density at radius 2 is 0.595 bits per heavy atom. The lowest BCUT2D eigenvalue weighted by atomic mass is 10.0. The second-order valence-electron chi connectivity index (χ2n) is 24.6. The first-order valence-electron chi connectivity index (χ1n) is 35.8. The van der Waals surface area contributed by atoms with Crippen molar-refractivity contribution in [1.82, 2.24) is 5.32 Å². The number of allylic oxidation sites excluding steroid dienone is 5. The van der Waals surface area contributed by atoms with Gasteiger partial charge in [0.15, 0.2) is 0 Å². The smallest absolute Gasteiger partial charge is 0.305 e. The molecule has 0 fully saturated rings. The fourth-order valence-electron chi connectivity index (χ4n) is 11.2. The van der Waals surface area contributed by atoms with Gasteiger partial charge < -0.3 is 20.3 Å². The van der Waals surface area contributed by atoms with Crippen LogP contribution in [0.25, 0.3) is 0 Å². The number of aliphatic hydroxyl groups is 2. The molecule has 0 saturated heterocycles. The molecule has 0 aliphatic rings. The summed E-state index contributed by atoms with van der Waals surface area (Å²) in [5.74, 6) is -0.0542. The van der Waals surface area contributed by atoms with E-state index in [0.29, 0.717) is 19.4 Å². The van der Waals surface area contributed by atoms with E-state index in [0.717, 1.165) is 44.9 Å². The number of esters is 1. The Morgan fingerprint density at radius 1 is 0.342 bits per heavy atom. The van der Waals surface area contributed by atoms with E-state index in [1.165, 1.54) is 321 Å². The minimum atomic E-state index is -0.844. The van der Waals surface area contributed by atoms with E-state index in [9.17, 15) is 19.8 Å². The van der Waals surface area contributed by atoms with Crippen molar-refractivity contribution in [2.24, 2.45) is 0 Å². The minimum absolute atomic E-state index is 0.00982. The standard InChI is InChI=1S/C73H139NO5/c1-3-5-7-9-11-13-15-17-19-37-41-45-49-53-57-61-65-71(76)70(69-75)74-72(77)66-62-58-54-50-46-42-38-35-33-31-29-27-25-23-21-22-24-26-28-30-32-34-36-40-44-48-52-56-60-64-68-79-73(78)67-63-59-55-51-47-43-39-20-18-16-14-12-10-8-6-4-2/h20,22,24,39,61,65,70-71,75-76H,3-19,21,23,25-38,40-60,62-64,66-69H2,1-2H3,(H,74,77)/b24-22-,39-20-,65-61+. The van der Waals surface area contributed by atoms with Crippen molar-refractivity contribution in [3.63, 3.8) is 0 Å². The highest BCUT2D eigenvalue weighted by molar-refractivity contribution is 5.76. The number of rotatable bonds is 67. The van der Waals surface area contributed by atoms with Crippen LogP contribution < -0.4 is 5.32 Å². The first-order valence-corrected chi connectivity index (χ1v) is 35.8. The predicted molar refractivity (Wildman–Crippen MR) is 347 cm³/mol. The molecule has 0 saturated carbocycles. The Hall–Kier alpha value is -1.92. The van der Waals surface area contributed by atoms with Gasteiger partial charge in [0.2, 0.25) is 5.91 Å². The molecule has 0 radical (unpaired) electrons. The Balaban J connectivity index is 3.38. The summed E-state index contributed by atoms with van der Waals surface area (Å²) in [6.07, 6.45) is 88.0. The third kappa shape index (κ3) is 65.1. The van der Waals surface area contributed by atoms with Gasteiger partial charge in [0, 0.05) is 12.8 Å². The topological polar surface area (TPSA) is 95.9 Å². The Bertz CT molecular complexity index is 1280. The van der Waals surface area contributed by atoms with Crippen LogP contribution in [0.4, 0.5) is 0 Å². The predicted octanol–water partition coefficient (Wildman–Crippen LogP) is 23.1. The maximum absolute atomic E-state index is 12.5. The first-order chi connectivity index (χ1) is 39.0. The van der Waals surface area contributed by atoms with Crippen LogP contribution in [-0.2, 0) is 14.3 Å². The molecule has 0 aromatic carbocycles. The molecule has 3 N–H and O–H groups in total. The van der Waals surface area contributed by atoms with E-state index < -0.39 is 12.1 Å². The van der Waals surface area contributed by atoms with E-state index >= 15 is 0 Å². The van der Waals surface area contributed by atoms with Gasteiger partial charge in [-0.2, -0.15) is 0 Å². The number of hydrogen-bond acceptors (Lipinski definition) is 5. The van der Waals surface area contributed by atoms with Crippen molar-refractivity contribution in [1.29, 1.82) is 0 Å². The molecule has 2 atom stereocenters. The molecular formula is C73H139NO5. The Morgan fingerprint density at radius 3 is 0.899 bits per heavy atom. The van der Waals surface area contributed by atoms with Crippen molar-refractivity contribution in [3.05, 3.63) is 36.5 Å². The number of nitrogens with one attached hydrogen (secondary N) is 1. The van der Waals surface area contributed by atoms with Gasteiger partial charge in [0.25, 0.3) is 0 Å². The van der Waals surface area contributed by atoms with Crippen molar-refractivity contribution < 1.29 is 24.5 Å². The number of aliphatic hydroxyl groups excluding tert-OH is 2. The van der Waals surface area contributed by atoms with Crippen LogP contribution in [-0.4, -0.2) is 47.4 Å². The summed E-state index contributed by atoms with van der Waals surface area (Å²) < 4.78 is 5.50. The summed E-state index contributed by atoms with van der Waals surface area (Å²) in [4.78, 5) is 24.6. The zero-order valence-corrected chi connectivity index (χ0v) is 53.4. The molecule has 6 nitrogen and oxygen atoms in total. The van der Waals surface area contributed by atoms with Gasteiger partial charge in [-0.1, -0.05) is 333 Å². The molecule has 0 aromatic rings. The Labute approximate surface area is 494 Å². The van der Waals surface area contributed by atoms with Gasteiger partial charge in [-0.15, -0.1) is 0 Å². The molecule has 0 bridgehead atoms. The maximum atomic E-state index is 12.5. The SMILES string of the molecule is CCCCCCCCC/C=C\CCCCCCCC(=O)OCCCCCCCCCCCCCC/C=C\CCCCCCCCCCCCCCCCC(=O)NC(CO)C(O)/C=C/CCCCCCCCCCCCCCCC. The lowest BCUT2D eigenvalue weighted by Gasteiger charge is -2.20. The zero-order chi connectivity index (χ0) is 57.1. The third-order valence-electron chi connectivity index (χ3n) is 16.6. The van der Waals surface area contributed by atoms with E-state index in [1.54, 1.807) is 6.08 Å². The van der Waals surface area contributed by atoms with Crippen molar-refractivity contribution in [2.45, 2.75) is 405 Å². The van der Waals surface area contributed by atoms with Gasteiger partial charge in [0.1, 0.15) is 0 Å². The fourth-order valence-corrected chi connectivity index (χ4v) is 11.2. The Kier molecular flexibility index (Phi) is 66.9. The van der Waals surface area contributed by atoms with Crippen LogP contribution in [0.1, 0.15) is 393 Å². The second-order valence-corrected chi connectivity index (χ2v) is 24.6. The highest BCUT2D eigenvalue weighted by Crippen LogP contribution is 2.18. The molecule has 466 valence electrons. The van der Waals surface area contributed by atoms with E-state index in [1.807, 2.05) is 6.08 Å². The van der Waals surface area contributed by atoms with E-state index in [2.05, 4.69) is 43.5 Å². The monoisotopic (exact) mass is 1110 g/mol. The molecule has 0 aliphatic carbocycles. The lowest BCUT2D eigenvalue weighted by molar-refractivity contribution is -0.143. The largest absolute Gasteiger partial charge is 0.466 e. The molecule has 0 aromatic heterocycles. The summed E-state index contributed by atoms with van der Waals surface area (Å²) >= 11 is 0. The number of carbonyl (C=O) groups excluding carboxylic acids is 2. The summed E-state index contributed by atoms with van der Waals surface area (Å²) in [6, 6.07) is -0.627. The van der Waals surface area contributed by atoms with Crippen LogP contribution >= 0.6 is 0 Å². The second kappa shape index (κ2) is 68.6. The molecule has 2 unspecified atom stereocenters. The number of unbranched alkanes of at least 4 members (excludes halogenated alkanes) is 52. The van der Waals surface area contributed by atoms with Gasteiger partial charge in [0.05, 0.1) is 25.4 Å². The van der Waals surface area contributed by atoms with E-state index in [4.69, 9.17) is 4.74 Å². The number of ether oxygens (including phenoxy) is 1. The summed E-state index contributed by atoms with van der Waals surface area (Å²) in [6.45, 7) is 4.93. The zero-order valence-electron chi connectivity index (χ0n) is 53.4. The molecule has 6 heteroatoms. The van der Waals surface area contributed by atoms with Gasteiger partial charge in [-0.25, -0.2) is 0 Å². The highest BCUT2D eigenvalue weighted by atomic mass is 16.5. The summed E-state index contributed by atoms with van der Waals surface area (Å²) in [7, 11) is 0. The molecular weight excluding hydrogens is 971 g/mol. The normalized spacial score (nSPS) is 12.7. The molecule has 79 heavy (non-hydrogen) atoms. The van der Waals surface area contributed by atoms with Crippen molar-refractivity contribution in [2.75, 3.05) is 13.2 Å². The van der Waals surface area contributed by atoms with Crippen LogP contribution in [0.2, 0.25) is 0 Å². The fraction of sp³-hybridized carbons (Fsp3) is 0.890. The minimum Gasteiger partial charge on any atom is -0.466 e. The number of hydrogen-bond donors (Lipinski definition) is 3. The summed E-state index contributed by atoms with van der Waals surface area (Å²) in [5.41, 5.74) is 0. The molecule has 0 spiro atoms. The van der Waals surface area contributed by atoms with Crippen LogP contribution in [0, 0.1) is 0 Å². The average Bonchev–Trinajstić information content (AvgIpc) is 3.45. The lowest BCUT2D eigenvalue weighted by Crippen LogP contribution is -2.45. The molecule has 0 aliphatic heterocycles. The van der Waals surface area contributed by atoms with Crippen LogP contribution in [0.3, 0.4) is 0 Å². The number of carbonyl (C=O) groups is 2. The molecule has 0 rings (SSSR count). The van der Waals surface area contributed by atoms with Gasteiger partial charge >= 0.3 is 5.97 Å². The molecule has 1 amide bonds. The first kappa shape index (κ1) is 77.1. The number of amides is 1. The maximum Gasteiger partial charge on any atom is 0.305 e. The van der Waals surface area contributed by atoms with Crippen molar-refractivity contribution >= 4 is 11.9 Å². The van der Waals surface area contributed by atoms with Gasteiger partial charge in [-0.05, 0) is 83.5 Å². The van der Waals surface area contributed by atoms with Crippen molar-refractivity contribution in [3.8, 4) is 0 Å². The molecule has 0 heterocycles. The average molecular weight is 1110 g/mol. The summed E-state index contributed by atoms with van der Waals surface area (Å²) in [5, 5.41) is 23.2. The highest BCUT2D eigenvalue weighted by Gasteiger charge is 2.18. The van der Waals surface area contributed by atoms with E-state index in [-0.39, 0.29) is 18.5 Å². The third-order valence-corrected chi connectivity index (χ3v) is 16.6.